The molecule has 0 aliphatic rings. The van der Waals surface area contributed by atoms with Crippen molar-refractivity contribution in [3.05, 3.63) is 0 Å². The number of hydrogen-bond acceptors (Lipinski definition) is 2. The van der Waals surface area contributed by atoms with Crippen LogP contribution in [0.2, 0.25) is 0 Å². The molecule has 0 spiro atoms. The Morgan fingerprint density at radius 1 is 1.17 bits per heavy atom. The summed E-state index contributed by atoms with van der Waals surface area (Å²) in [5.41, 5.74) is 5.62. The first kappa shape index (κ1) is 11.9. The van der Waals surface area contributed by atoms with Crippen molar-refractivity contribution in [2.45, 2.75) is 57.9 Å². The average molecular weight is 173 g/mol. The van der Waals surface area contributed by atoms with Gasteiger partial charge < -0.3 is 10.8 Å². The summed E-state index contributed by atoms with van der Waals surface area (Å²) in [5, 5.41) is 9.02. The Bertz CT molecular complexity index is 100. The second kappa shape index (κ2) is 6.44. The second-order valence-electron chi connectivity index (χ2n) is 3.68. The summed E-state index contributed by atoms with van der Waals surface area (Å²) in [4.78, 5) is 0. The number of aliphatic hydroxyl groups is 1. The van der Waals surface area contributed by atoms with Crippen molar-refractivity contribution < 1.29 is 5.11 Å². The summed E-state index contributed by atoms with van der Waals surface area (Å²) < 4.78 is 0. The van der Waals surface area contributed by atoms with Crippen LogP contribution in [0.25, 0.3) is 0 Å². The first-order chi connectivity index (χ1) is 5.68. The topological polar surface area (TPSA) is 46.2 Å². The Morgan fingerprint density at radius 2 is 1.83 bits per heavy atom. The Morgan fingerprint density at radius 3 is 2.25 bits per heavy atom. The largest absolute Gasteiger partial charge is 0.394 e. The lowest BCUT2D eigenvalue weighted by Gasteiger charge is -2.25. The monoisotopic (exact) mass is 173 g/mol. The van der Waals surface area contributed by atoms with Crippen molar-refractivity contribution in [1.29, 1.82) is 0 Å². The number of nitrogens with two attached hydrogens (primary N) is 1. The van der Waals surface area contributed by atoms with E-state index >= 15 is 0 Å². The first-order valence-corrected chi connectivity index (χ1v) is 5.08. The van der Waals surface area contributed by atoms with Gasteiger partial charge in [-0.2, -0.15) is 0 Å². The van der Waals surface area contributed by atoms with Gasteiger partial charge in [0.2, 0.25) is 0 Å². The van der Waals surface area contributed by atoms with Crippen molar-refractivity contribution in [2.24, 2.45) is 5.73 Å². The molecule has 2 heteroatoms. The molecule has 0 saturated carbocycles. The molecule has 0 heterocycles. The summed E-state index contributed by atoms with van der Waals surface area (Å²) in [6, 6.07) is 0. The fourth-order valence-corrected chi connectivity index (χ4v) is 1.27. The molecule has 12 heavy (non-hydrogen) atoms. The van der Waals surface area contributed by atoms with E-state index in [1.54, 1.807) is 0 Å². The molecule has 3 N–H and O–H groups in total. The maximum absolute atomic E-state index is 9.02. The van der Waals surface area contributed by atoms with Gasteiger partial charge in [0.05, 0.1) is 6.61 Å². The highest BCUT2D eigenvalue weighted by molar-refractivity contribution is 4.81. The van der Waals surface area contributed by atoms with E-state index in [0.717, 1.165) is 19.3 Å². The van der Waals surface area contributed by atoms with E-state index in [0.29, 0.717) is 0 Å². The lowest BCUT2D eigenvalue weighted by molar-refractivity contribution is 0.179. The highest BCUT2D eigenvalue weighted by Gasteiger charge is 2.20. The SMILES string of the molecule is CCCCCCC(N)(CC)CO. The van der Waals surface area contributed by atoms with Gasteiger partial charge in [-0.3, -0.25) is 0 Å². The molecule has 0 saturated heterocycles. The third kappa shape index (κ3) is 4.73. The van der Waals surface area contributed by atoms with Crippen LogP contribution in [-0.2, 0) is 0 Å². The molecular weight excluding hydrogens is 150 g/mol. The van der Waals surface area contributed by atoms with Crippen molar-refractivity contribution in [3.63, 3.8) is 0 Å². The smallest absolute Gasteiger partial charge is 0.0611 e. The Balaban J connectivity index is 3.45. The van der Waals surface area contributed by atoms with Crippen LogP contribution in [-0.4, -0.2) is 17.3 Å². The molecule has 1 atom stereocenters. The number of aliphatic hydroxyl groups excluding tert-OH is 1. The van der Waals surface area contributed by atoms with Crippen LogP contribution >= 0.6 is 0 Å². The van der Waals surface area contributed by atoms with Crippen LogP contribution in [0.5, 0.6) is 0 Å². The molecule has 2 nitrogen and oxygen atoms in total. The molecular formula is C10H23NO. The van der Waals surface area contributed by atoms with Crippen LogP contribution in [0.15, 0.2) is 0 Å². The Hall–Kier alpha value is -0.0800. The van der Waals surface area contributed by atoms with Crippen LogP contribution in [0.4, 0.5) is 0 Å². The van der Waals surface area contributed by atoms with E-state index in [1.165, 1.54) is 19.3 Å². The highest BCUT2D eigenvalue weighted by Crippen LogP contribution is 2.15. The summed E-state index contributed by atoms with van der Waals surface area (Å²) >= 11 is 0. The molecule has 0 radical (unpaired) electrons. The third-order valence-electron chi connectivity index (χ3n) is 2.55. The zero-order valence-electron chi connectivity index (χ0n) is 8.47. The summed E-state index contributed by atoms with van der Waals surface area (Å²) in [5.74, 6) is 0. The van der Waals surface area contributed by atoms with Gasteiger partial charge in [0.1, 0.15) is 0 Å². The number of rotatable bonds is 7. The van der Waals surface area contributed by atoms with E-state index in [1.807, 2.05) is 6.92 Å². The summed E-state index contributed by atoms with van der Waals surface area (Å²) in [6.07, 6.45) is 6.76. The molecule has 0 fully saturated rings. The summed E-state index contributed by atoms with van der Waals surface area (Å²) in [6.45, 7) is 4.35. The fourth-order valence-electron chi connectivity index (χ4n) is 1.27. The van der Waals surface area contributed by atoms with Gasteiger partial charge in [-0.25, -0.2) is 0 Å². The quantitative estimate of drug-likeness (QED) is 0.579. The van der Waals surface area contributed by atoms with Gasteiger partial charge in [-0.15, -0.1) is 0 Å². The third-order valence-corrected chi connectivity index (χ3v) is 2.55. The van der Waals surface area contributed by atoms with E-state index in [2.05, 4.69) is 6.92 Å². The van der Waals surface area contributed by atoms with Crippen LogP contribution in [0, 0.1) is 0 Å². The molecule has 0 aromatic rings. The molecule has 0 bridgehead atoms. The standard InChI is InChI=1S/C10H23NO/c1-3-5-6-7-8-10(11,4-2)9-12/h12H,3-9,11H2,1-2H3. The highest BCUT2D eigenvalue weighted by atomic mass is 16.3. The Kier molecular flexibility index (Phi) is 6.39. The van der Waals surface area contributed by atoms with Gasteiger partial charge >= 0.3 is 0 Å². The molecule has 0 amide bonds. The lowest BCUT2D eigenvalue weighted by Crippen LogP contribution is -2.42. The van der Waals surface area contributed by atoms with Crippen molar-refractivity contribution in [3.8, 4) is 0 Å². The molecule has 0 rings (SSSR count). The predicted octanol–water partition coefficient (Wildman–Crippen LogP) is 2.06. The minimum Gasteiger partial charge on any atom is -0.394 e. The molecule has 0 aromatic heterocycles. The molecule has 0 aromatic carbocycles. The van der Waals surface area contributed by atoms with Crippen LogP contribution in [0.3, 0.4) is 0 Å². The van der Waals surface area contributed by atoms with Crippen LogP contribution < -0.4 is 5.73 Å². The van der Waals surface area contributed by atoms with Crippen molar-refractivity contribution in [1.82, 2.24) is 0 Å². The first-order valence-electron chi connectivity index (χ1n) is 5.08. The zero-order chi connectivity index (χ0) is 9.45. The van der Waals surface area contributed by atoms with E-state index in [-0.39, 0.29) is 12.1 Å². The molecule has 0 aliphatic heterocycles. The molecule has 1 unspecified atom stereocenters. The van der Waals surface area contributed by atoms with Crippen molar-refractivity contribution >= 4 is 0 Å². The van der Waals surface area contributed by atoms with E-state index < -0.39 is 0 Å². The van der Waals surface area contributed by atoms with E-state index in [4.69, 9.17) is 10.8 Å². The minimum atomic E-state index is -0.312. The predicted molar refractivity (Wildman–Crippen MR) is 53.1 cm³/mol. The molecule has 0 aliphatic carbocycles. The van der Waals surface area contributed by atoms with Crippen LogP contribution in [0.1, 0.15) is 52.4 Å². The van der Waals surface area contributed by atoms with Gasteiger partial charge in [-0.1, -0.05) is 39.5 Å². The second-order valence-corrected chi connectivity index (χ2v) is 3.68. The van der Waals surface area contributed by atoms with Gasteiger partial charge in [0, 0.05) is 5.54 Å². The van der Waals surface area contributed by atoms with Gasteiger partial charge in [-0.05, 0) is 12.8 Å². The average Bonchev–Trinajstić information content (AvgIpc) is 2.12. The Labute approximate surface area is 76.2 Å². The van der Waals surface area contributed by atoms with Crippen molar-refractivity contribution in [2.75, 3.05) is 6.61 Å². The number of hydrogen-bond donors (Lipinski definition) is 2. The molecule has 74 valence electrons. The number of unbranched alkanes of at least 4 members (excludes halogenated alkanes) is 3. The summed E-state index contributed by atoms with van der Waals surface area (Å²) in [7, 11) is 0. The van der Waals surface area contributed by atoms with Gasteiger partial charge in [0.25, 0.3) is 0 Å². The lowest BCUT2D eigenvalue weighted by atomic mass is 9.91. The fraction of sp³-hybridized carbons (Fsp3) is 1.00. The zero-order valence-corrected chi connectivity index (χ0v) is 8.47. The maximum Gasteiger partial charge on any atom is 0.0611 e. The maximum atomic E-state index is 9.02. The minimum absolute atomic E-state index is 0.121. The van der Waals surface area contributed by atoms with E-state index in [9.17, 15) is 0 Å². The normalized spacial score (nSPS) is 16.0. The van der Waals surface area contributed by atoms with Gasteiger partial charge in [0.15, 0.2) is 0 Å².